The van der Waals surface area contributed by atoms with Crippen LogP contribution >= 0.6 is 23.4 Å². The van der Waals surface area contributed by atoms with Crippen LogP contribution in [0.5, 0.6) is 0 Å². The molecule has 0 radical (unpaired) electrons. The fourth-order valence-corrected chi connectivity index (χ4v) is 5.33. The van der Waals surface area contributed by atoms with Crippen molar-refractivity contribution in [2.24, 2.45) is 5.73 Å². The van der Waals surface area contributed by atoms with Crippen molar-refractivity contribution in [2.75, 3.05) is 11.9 Å². The molecule has 12 heteroatoms. The number of hydrogen-bond donors (Lipinski definition) is 5. The lowest BCUT2D eigenvalue weighted by Gasteiger charge is -2.21. The molecule has 2 aromatic rings. The zero-order valence-electron chi connectivity index (χ0n) is 19.9. The Kier molecular flexibility index (Phi) is 7.76. The van der Waals surface area contributed by atoms with Crippen LogP contribution < -0.4 is 21.7 Å². The number of nitrogens with two attached hydrogens (primary N) is 1. The van der Waals surface area contributed by atoms with Crippen molar-refractivity contribution in [3.05, 3.63) is 75.7 Å². The highest BCUT2D eigenvalue weighted by Crippen LogP contribution is 2.45. The molecule has 2 heterocycles. The molecule has 0 saturated carbocycles. The van der Waals surface area contributed by atoms with E-state index in [-0.39, 0.29) is 31.1 Å². The first-order chi connectivity index (χ1) is 17.5. The van der Waals surface area contributed by atoms with E-state index in [2.05, 4.69) is 16.0 Å². The molecule has 0 aromatic heterocycles. The standard InChI is InChI=1S/C25H26ClN5O5S/c1-25(26)9-8-18(37-25)21(33)30-17-7-3-6-16-20(17)23(35)31(22(16)34)13-15-5-2-4-14(10-15)11-28-24(36)29-12-19(27)32/h2-8,10,22,34H,9,11-13H2,1H3,(H2,27,32)(H,30,33)(H2,28,29,36). The number of thioether (sulfide) groups is 1. The molecule has 4 rings (SSSR count). The Morgan fingerprint density at radius 3 is 2.62 bits per heavy atom. The average Bonchev–Trinajstić information content (AvgIpc) is 3.34. The number of rotatable bonds is 8. The Morgan fingerprint density at radius 1 is 1.19 bits per heavy atom. The highest BCUT2D eigenvalue weighted by Gasteiger charge is 2.38. The monoisotopic (exact) mass is 543 g/mol. The van der Waals surface area contributed by atoms with E-state index < -0.39 is 28.3 Å². The van der Waals surface area contributed by atoms with E-state index in [1.54, 1.807) is 48.5 Å². The highest BCUT2D eigenvalue weighted by molar-refractivity contribution is 8.06. The fraction of sp³-hybridized carbons (Fsp3) is 0.280. The average molecular weight is 544 g/mol. The Bertz CT molecular complexity index is 1300. The van der Waals surface area contributed by atoms with Crippen LogP contribution in [0.1, 0.15) is 46.6 Å². The molecule has 2 aliphatic rings. The van der Waals surface area contributed by atoms with E-state index in [9.17, 15) is 24.3 Å². The predicted octanol–water partition coefficient (Wildman–Crippen LogP) is 2.53. The lowest BCUT2D eigenvalue weighted by atomic mass is 10.1. The smallest absolute Gasteiger partial charge is 0.315 e. The number of hydrogen-bond acceptors (Lipinski definition) is 6. The van der Waals surface area contributed by atoms with E-state index in [0.717, 1.165) is 11.1 Å². The number of fused-ring (bicyclic) bond motifs is 1. The number of primary amides is 1. The normalized spacial score (nSPS) is 20.3. The van der Waals surface area contributed by atoms with E-state index in [1.807, 2.05) is 6.92 Å². The summed E-state index contributed by atoms with van der Waals surface area (Å²) in [5, 5.41) is 18.7. The van der Waals surface area contributed by atoms with Gasteiger partial charge in [-0.2, -0.15) is 0 Å². The quantitative estimate of drug-likeness (QED) is 0.322. The number of nitrogens with one attached hydrogen (secondary N) is 3. The summed E-state index contributed by atoms with van der Waals surface area (Å²) in [5.41, 5.74) is 7.46. The second-order valence-electron chi connectivity index (χ2n) is 8.83. The largest absolute Gasteiger partial charge is 0.369 e. The number of allylic oxidation sites excluding steroid dienone is 1. The second-order valence-corrected chi connectivity index (χ2v) is 11.4. The molecule has 5 amide bonds. The predicted molar refractivity (Wildman–Crippen MR) is 140 cm³/mol. The molecule has 6 N–H and O–H groups in total. The number of halogens is 1. The molecule has 2 unspecified atom stereocenters. The summed E-state index contributed by atoms with van der Waals surface area (Å²) < 4.78 is -0.578. The Morgan fingerprint density at radius 2 is 1.92 bits per heavy atom. The summed E-state index contributed by atoms with van der Waals surface area (Å²) in [5.74, 6) is -1.42. The van der Waals surface area contributed by atoms with Gasteiger partial charge in [0.25, 0.3) is 11.8 Å². The first-order valence-electron chi connectivity index (χ1n) is 11.4. The molecular weight excluding hydrogens is 518 g/mol. The summed E-state index contributed by atoms with van der Waals surface area (Å²) in [6, 6.07) is 11.6. The van der Waals surface area contributed by atoms with Crippen molar-refractivity contribution < 1.29 is 24.3 Å². The second kappa shape index (κ2) is 10.8. The topological polar surface area (TPSA) is 154 Å². The molecule has 37 heavy (non-hydrogen) atoms. The third kappa shape index (κ3) is 6.24. The number of carbonyl (C=O) groups is 4. The third-order valence-electron chi connectivity index (χ3n) is 5.81. The number of carbonyl (C=O) groups excluding carboxylic acids is 4. The molecule has 0 fully saturated rings. The van der Waals surface area contributed by atoms with Crippen molar-refractivity contribution in [3.8, 4) is 0 Å². The molecule has 0 aliphatic carbocycles. The van der Waals surface area contributed by atoms with Crippen molar-refractivity contribution >= 4 is 52.8 Å². The zero-order chi connectivity index (χ0) is 26.7. The summed E-state index contributed by atoms with van der Waals surface area (Å²) >= 11 is 7.57. The van der Waals surface area contributed by atoms with E-state index in [0.29, 0.717) is 22.6 Å². The summed E-state index contributed by atoms with van der Waals surface area (Å²) in [4.78, 5) is 50.4. The van der Waals surface area contributed by atoms with Crippen LogP contribution in [-0.4, -0.2) is 44.5 Å². The number of anilines is 1. The molecule has 10 nitrogen and oxygen atoms in total. The maximum Gasteiger partial charge on any atom is 0.315 e. The molecule has 2 aromatic carbocycles. The number of benzene rings is 2. The van der Waals surface area contributed by atoms with Gasteiger partial charge in [-0.15, -0.1) is 11.6 Å². The lowest BCUT2D eigenvalue weighted by Crippen LogP contribution is -2.40. The van der Waals surface area contributed by atoms with Gasteiger partial charge in [-0.25, -0.2) is 4.79 Å². The van der Waals surface area contributed by atoms with Crippen LogP contribution in [0.2, 0.25) is 0 Å². The van der Waals surface area contributed by atoms with Crippen LogP contribution in [0.25, 0.3) is 0 Å². The molecule has 0 spiro atoms. The number of nitrogens with zero attached hydrogens (tertiary/aromatic N) is 1. The summed E-state index contributed by atoms with van der Waals surface area (Å²) in [6.07, 6.45) is 1.13. The maximum absolute atomic E-state index is 13.3. The van der Waals surface area contributed by atoms with E-state index in [4.69, 9.17) is 17.3 Å². The van der Waals surface area contributed by atoms with Gasteiger partial charge in [0, 0.05) is 18.7 Å². The maximum atomic E-state index is 13.3. The molecule has 194 valence electrons. The van der Waals surface area contributed by atoms with Gasteiger partial charge in [0.2, 0.25) is 5.91 Å². The van der Waals surface area contributed by atoms with Crippen LogP contribution in [0.4, 0.5) is 10.5 Å². The fourth-order valence-electron chi connectivity index (χ4n) is 4.07. The molecule has 2 atom stereocenters. The minimum atomic E-state index is -1.19. The number of urea groups is 1. The highest BCUT2D eigenvalue weighted by atomic mass is 35.5. The van der Waals surface area contributed by atoms with Gasteiger partial charge in [-0.3, -0.25) is 14.4 Å². The molecule has 2 aliphatic heterocycles. The van der Waals surface area contributed by atoms with Gasteiger partial charge in [-0.05, 0) is 30.5 Å². The van der Waals surface area contributed by atoms with Gasteiger partial charge >= 0.3 is 6.03 Å². The number of alkyl halides is 1. The van der Waals surface area contributed by atoms with Crippen molar-refractivity contribution in [3.63, 3.8) is 0 Å². The van der Waals surface area contributed by atoms with Crippen LogP contribution in [0, 0.1) is 0 Å². The van der Waals surface area contributed by atoms with Gasteiger partial charge in [0.1, 0.15) is 0 Å². The summed E-state index contributed by atoms with van der Waals surface area (Å²) in [6.45, 7) is 1.85. The third-order valence-corrected chi connectivity index (χ3v) is 7.36. The van der Waals surface area contributed by atoms with Gasteiger partial charge < -0.3 is 31.7 Å². The van der Waals surface area contributed by atoms with Crippen molar-refractivity contribution in [1.29, 1.82) is 0 Å². The Labute approximate surface area is 222 Å². The SMILES string of the molecule is CC1(Cl)CC=C(C(=O)Nc2cccc3c2C(=O)N(Cc2cccc(CNC(=O)NCC(N)=O)c2)C3O)S1. The summed E-state index contributed by atoms with van der Waals surface area (Å²) in [7, 11) is 0. The Balaban J connectivity index is 1.44. The Hall–Kier alpha value is -3.54. The van der Waals surface area contributed by atoms with Crippen LogP contribution in [0.3, 0.4) is 0 Å². The zero-order valence-corrected chi connectivity index (χ0v) is 21.5. The molecular formula is C25H26ClN5O5S. The van der Waals surface area contributed by atoms with Crippen molar-refractivity contribution in [1.82, 2.24) is 15.5 Å². The van der Waals surface area contributed by atoms with E-state index in [1.165, 1.54) is 16.7 Å². The van der Waals surface area contributed by atoms with Crippen LogP contribution in [0.15, 0.2) is 53.4 Å². The van der Waals surface area contributed by atoms with Crippen molar-refractivity contribution in [2.45, 2.75) is 36.9 Å². The van der Waals surface area contributed by atoms with Gasteiger partial charge in [-0.1, -0.05) is 54.2 Å². The lowest BCUT2D eigenvalue weighted by molar-refractivity contribution is -0.117. The first kappa shape index (κ1) is 26.5. The van der Waals surface area contributed by atoms with Gasteiger partial charge in [0.15, 0.2) is 6.23 Å². The van der Waals surface area contributed by atoms with Crippen LogP contribution in [-0.2, 0) is 22.7 Å². The number of aliphatic hydroxyl groups is 1. The molecule has 0 saturated heterocycles. The van der Waals surface area contributed by atoms with E-state index >= 15 is 0 Å². The minimum absolute atomic E-state index is 0.107. The number of aliphatic hydroxyl groups excluding tert-OH is 1. The minimum Gasteiger partial charge on any atom is -0.369 e. The first-order valence-corrected chi connectivity index (χ1v) is 12.6. The van der Waals surface area contributed by atoms with Gasteiger partial charge in [0.05, 0.1) is 26.9 Å². The number of amides is 5. The molecule has 0 bridgehead atoms.